The first-order chi connectivity index (χ1) is 9.63. The Morgan fingerprint density at radius 1 is 1.25 bits per heavy atom. The van der Waals surface area contributed by atoms with Gasteiger partial charge in [-0.05, 0) is 60.7 Å². The fourth-order valence-corrected chi connectivity index (χ4v) is 3.37. The number of hydrogen-bond donors (Lipinski definition) is 2. The summed E-state index contributed by atoms with van der Waals surface area (Å²) in [5, 5.41) is 13.2. The molecule has 2 unspecified atom stereocenters. The number of phenolic OH excluding ortho intramolecular Hbond substituents is 1. The third kappa shape index (κ3) is 2.74. The van der Waals surface area contributed by atoms with Crippen molar-refractivity contribution in [3.63, 3.8) is 0 Å². The van der Waals surface area contributed by atoms with Crippen LogP contribution in [-0.4, -0.2) is 5.11 Å². The van der Waals surface area contributed by atoms with Crippen molar-refractivity contribution in [3.05, 3.63) is 63.6 Å². The van der Waals surface area contributed by atoms with E-state index < -0.39 is 0 Å². The normalized spacial score (nSPS) is 18.8. The molecule has 0 bridgehead atoms. The Morgan fingerprint density at radius 2 is 2.10 bits per heavy atom. The van der Waals surface area contributed by atoms with Gasteiger partial charge in [-0.25, -0.2) is 0 Å². The van der Waals surface area contributed by atoms with Gasteiger partial charge in [0.05, 0.1) is 0 Å². The van der Waals surface area contributed by atoms with Gasteiger partial charge in [-0.15, -0.1) is 0 Å². The van der Waals surface area contributed by atoms with Crippen LogP contribution in [0, 0.1) is 0 Å². The van der Waals surface area contributed by atoms with Crippen molar-refractivity contribution < 1.29 is 5.11 Å². The second kappa shape index (κ2) is 5.58. The second-order valence-corrected chi connectivity index (χ2v) is 6.33. The van der Waals surface area contributed by atoms with Gasteiger partial charge in [-0.3, -0.25) is 0 Å². The Morgan fingerprint density at radius 3 is 2.90 bits per heavy atom. The molecule has 0 aromatic heterocycles. The van der Waals surface area contributed by atoms with Crippen molar-refractivity contribution in [3.8, 4) is 5.75 Å². The summed E-state index contributed by atoms with van der Waals surface area (Å²) in [4.78, 5) is 0. The number of phenols is 1. The molecule has 0 heterocycles. The van der Waals surface area contributed by atoms with Crippen LogP contribution >= 0.6 is 15.9 Å². The summed E-state index contributed by atoms with van der Waals surface area (Å²) in [6.07, 6.45) is 2.13. The number of aryl methyl sites for hydroxylation is 1. The highest BCUT2D eigenvalue weighted by molar-refractivity contribution is 9.10. The third-order valence-corrected chi connectivity index (χ3v) is 4.50. The molecule has 0 aliphatic heterocycles. The van der Waals surface area contributed by atoms with E-state index in [2.05, 4.69) is 46.4 Å². The van der Waals surface area contributed by atoms with Gasteiger partial charge in [0, 0.05) is 16.6 Å². The molecular weight excluding hydrogens is 314 g/mol. The van der Waals surface area contributed by atoms with Gasteiger partial charge in [0.25, 0.3) is 0 Å². The van der Waals surface area contributed by atoms with Gasteiger partial charge >= 0.3 is 0 Å². The summed E-state index contributed by atoms with van der Waals surface area (Å²) in [6.45, 7) is 2.19. The summed E-state index contributed by atoms with van der Waals surface area (Å²) in [5.74, 6) is 0.365. The van der Waals surface area contributed by atoms with E-state index in [9.17, 15) is 5.11 Å². The number of fused-ring (bicyclic) bond motifs is 1. The molecule has 0 radical (unpaired) electrons. The van der Waals surface area contributed by atoms with Crippen LogP contribution in [0.1, 0.15) is 42.1 Å². The van der Waals surface area contributed by atoms with Crippen LogP contribution in [0.15, 0.2) is 46.9 Å². The maximum absolute atomic E-state index is 9.55. The summed E-state index contributed by atoms with van der Waals surface area (Å²) in [5.41, 5.74) is 3.88. The topological polar surface area (TPSA) is 32.3 Å². The molecule has 0 amide bonds. The van der Waals surface area contributed by atoms with Crippen LogP contribution in [0.25, 0.3) is 0 Å². The molecule has 2 N–H and O–H groups in total. The van der Waals surface area contributed by atoms with Crippen molar-refractivity contribution in [2.45, 2.75) is 31.8 Å². The predicted octanol–water partition coefficient (Wildman–Crippen LogP) is 4.49. The largest absolute Gasteiger partial charge is 0.508 e. The smallest absolute Gasteiger partial charge is 0.115 e. The van der Waals surface area contributed by atoms with Crippen LogP contribution in [0.4, 0.5) is 0 Å². The van der Waals surface area contributed by atoms with E-state index in [1.54, 1.807) is 6.07 Å². The molecule has 20 heavy (non-hydrogen) atoms. The molecule has 3 heteroatoms. The molecule has 0 saturated heterocycles. The minimum absolute atomic E-state index is 0.303. The number of aromatic hydroxyl groups is 1. The van der Waals surface area contributed by atoms with Crippen molar-refractivity contribution in [1.29, 1.82) is 0 Å². The maximum atomic E-state index is 9.55. The molecular formula is C17H18BrNO. The molecule has 1 aliphatic carbocycles. The van der Waals surface area contributed by atoms with E-state index >= 15 is 0 Å². The number of benzene rings is 2. The highest BCUT2D eigenvalue weighted by Crippen LogP contribution is 2.35. The van der Waals surface area contributed by atoms with Crippen molar-refractivity contribution in [1.82, 2.24) is 5.32 Å². The van der Waals surface area contributed by atoms with E-state index in [1.165, 1.54) is 16.7 Å². The molecule has 0 saturated carbocycles. The SMILES string of the molecule is CC(NC1CCc2cc(O)ccc21)c1cccc(Br)c1. The van der Waals surface area contributed by atoms with Gasteiger partial charge in [-0.2, -0.15) is 0 Å². The lowest BCUT2D eigenvalue weighted by Gasteiger charge is -2.21. The number of hydrogen-bond acceptors (Lipinski definition) is 2. The minimum Gasteiger partial charge on any atom is -0.508 e. The number of halogens is 1. The molecule has 2 atom stereocenters. The second-order valence-electron chi connectivity index (χ2n) is 5.42. The first kappa shape index (κ1) is 13.7. The highest BCUT2D eigenvalue weighted by Gasteiger charge is 2.24. The Bertz CT molecular complexity index is 626. The first-order valence-electron chi connectivity index (χ1n) is 6.97. The number of rotatable bonds is 3. The van der Waals surface area contributed by atoms with Crippen LogP contribution in [0.2, 0.25) is 0 Å². The van der Waals surface area contributed by atoms with E-state index in [-0.39, 0.29) is 0 Å². The van der Waals surface area contributed by atoms with E-state index in [0.29, 0.717) is 17.8 Å². The molecule has 2 aromatic carbocycles. The van der Waals surface area contributed by atoms with Gasteiger partial charge in [-0.1, -0.05) is 34.1 Å². The summed E-state index contributed by atoms with van der Waals surface area (Å²) in [6, 6.07) is 14.8. The zero-order chi connectivity index (χ0) is 14.1. The quantitative estimate of drug-likeness (QED) is 0.868. The minimum atomic E-state index is 0.303. The lowest BCUT2D eigenvalue weighted by atomic mass is 10.0. The fraction of sp³-hybridized carbons (Fsp3) is 0.294. The first-order valence-corrected chi connectivity index (χ1v) is 7.76. The third-order valence-electron chi connectivity index (χ3n) is 4.00. The molecule has 2 nitrogen and oxygen atoms in total. The Kier molecular flexibility index (Phi) is 3.81. The van der Waals surface area contributed by atoms with E-state index in [0.717, 1.165) is 17.3 Å². The number of nitrogens with one attached hydrogen (secondary N) is 1. The van der Waals surface area contributed by atoms with Crippen LogP contribution in [0.3, 0.4) is 0 Å². The zero-order valence-corrected chi connectivity index (χ0v) is 13.0. The average Bonchev–Trinajstić information content (AvgIpc) is 2.81. The van der Waals surface area contributed by atoms with E-state index in [1.807, 2.05) is 18.2 Å². The molecule has 104 valence electrons. The van der Waals surface area contributed by atoms with Crippen molar-refractivity contribution in [2.24, 2.45) is 0 Å². The molecule has 2 aromatic rings. The summed E-state index contributed by atoms with van der Waals surface area (Å²) in [7, 11) is 0. The lowest BCUT2D eigenvalue weighted by Crippen LogP contribution is -2.22. The Hall–Kier alpha value is -1.32. The predicted molar refractivity (Wildman–Crippen MR) is 84.9 cm³/mol. The zero-order valence-electron chi connectivity index (χ0n) is 11.4. The fourth-order valence-electron chi connectivity index (χ4n) is 2.95. The lowest BCUT2D eigenvalue weighted by molar-refractivity contribution is 0.464. The van der Waals surface area contributed by atoms with Crippen molar-refractivity contribution in [2.75, 3.05) is 0 Å². The molecule has 0 fully saturated rings. The van der Waals surface area contributed by atoms with Crippen LogP contribution in [0.5, 0.6) is 5.75 Å². The van der Waals surface area contributed by atoms with Gasteiger partial charge in [0.2, 0.25) is 0 Å². The Labute approximate surface area is 128 Å². The van der Waals surface area contributed by atoms with Crippen molar-refractivity contribution >= 4 is 15.9 Å². The van der Waals surface area contributed by atoms with Gasteiger partial charge in [0.1, 0.15) is 5.75 Å². The molecule has 3 rings (SSSR count). The van der Waals surface area contributed by atoms with E-state index in [4.69, 9.17) is 0 Å². The van der Waals surface area contributed by atoms with Crippen LogP contribution in [-0.2, 0) is 6.42 Å². The highest BCUT2D eigenvalue weighted by atomic mass is 79.9. The molecule has 0 spiro atoms. The maximum Gasteiger partial charge on any atom is 0.115 e. The van der Waals surface area contributed by atoms with Crippen LogP contribution < -0.4 is 5.32 Å². The Balaban J connectivity index is 1.77. The van der Waals surface area contributed by atoms with Gasteiger partial charge < -0.3 is 10.4 Å². The summed E-state index contributed by atoms with van der Waals surface area (Å²) >= 11 is 3.52. The average molecular weight is 332 g/mol. The van der Waals surface area contributed by atoms with Gasteiger partial charge in [0.15, 0.2) is 0 Å². The molecule has 1 aliphatic rings. The summed E-state index contributed by atoms with van der Waals surface area (Å²) < 4.78 is 1.11. The standard InChI is InChI=1S/C17H18BrNO/c1-11(12-3-2-4-14(18)9-12)19-17-8-5-13-10-15(20)6-7-16(13)17/h2-4,6-7,9-11,17,19-20H,5,8H2,1H3. The monoisotopic (exact) mass is 331 g/mol.